The molecule has 2 aromatic rings. The topological polar surface area (TPSA) is 34.6 Å². The van der Waals surface area contributed by atoms with E-state index >= 15 is 0 Å². The maximum Gasteiger partial charge on any atom is 0.152 e. The number of rotatable bonds is 4. The molecule has 0 radical (unpaired) electrons. The molecule has 1 aromatic carbocycles. The van der Waals surface area contributed by atoms with E-state index in [9.17, 15) is 8.78 Å². The predicted octanol–water partition coefficient (Wildman–Crippen LogP) is 4.07. The zero-order valence-electron chi connectivity index (χ0n) is 14.8. The molecule has 6 heteroatoms. The Kier molecular flexibility index (Phi) is 5.31. The van der Waals surface area contributed by atoms with Gasteiger partial charge in [-0.15, -0.1) is 0 Å². The monoisotopic (exact) mass is 362 g/mol. The van der Waals surface area contributed by atoms with Crippen LogP contribution in [0, 0.1) is 11.6 Å². The number of anilines is 1. The molecule has 3 heterocycles. The van der Waals surface area contributed by atoms with Gasteiger partial charge in [-0.1, -0.05) is 0 Å². The maximum absolute atomic E-state index is 14.0. The molecule has 0 saturated carbocycles. The number of fused-ring (bicyclic) bond motifs is 1. The van der Waals surface area contributed by atoms with Gasteiger partial charge in [-0.05, 0) is 44.2 Å². The molecule has 2 saturated heterocycles. The smallest absolute Gasteiger partial charge is 0.152 e. The molecular weight excluding hydrogens is 338 g/mol. The predicted molar refractivity (Wildman–Crippen MR) is 96.4 cm³/mol. The number of pyridine rings is 1. The lowest BCUT2D eigenvalue weighted by Gasteiger charge is -2.35. The van der Waals surface area contributed by atoms with E-state index in [-0.39, 0.29) is 17.7 Å². The van der Waals surface area contributed by atoms with Crippen LogP contribution in [0.5, 0.6) is 0 Å². The van der Waals surface area contributed by atoms with Gasteiger partial charge in [-0.2, -0.15) is 0 Å². The van der Waals surface area contributed by atoms with Gasteiger partial charge in [-0.3, -0.25) is 4.98 Å². The molecule has 0 spiro atoms. The highest BCUT2D eigenvalue weighted by Crippen LogP contribution is 2.30. The highest BCUT2D eigenvalue weighted by Gasteiger charge is 2.23. The highest BCUT2D eigenvalue weighted by atomic mass is 19.1. The molecule has 1 unspecified atom stereocenters. The van der Waals surface area contributed by atoms with E-state index in [0.29, 0.717) is 12.0 Å². The lowest BCUT2D eigenvalue weighted by atomic mass is 10.0. The molecule has 0 N–H and O–H groups in total. The first-order valence-corrected chi connectivity index (χ1v) is 9.42. The first-order chi connectivity index (χ1) is 12.7. The Hall–Kier alpha value is -1.79. The standard InChI is InChI=1S/C20H24F2N2O2/c21-14-11-17-19(4-7-23-20(17)18(22)12-14)24-8-5-15(6-9-24)26-13-16-3-1-2-10-25-16/h4,7,11-12,15-16H,1-3,5-6,8-10,13H2. The van der Waals surface area contributed by atoms with Crippen molar-refractivity contribution in [2.75, 3.05) is 31.2 Å². The van der Waals surface area contributed by atoms with E-state index in [4.69, 9.17) is 9.47 Å². The molecule has 0 bridgehead atoms. The minimum atomic E-state index is -0.618. The fourth-order valence-electron chi connectivity index (χ4n) is 3.89. The van der Waals surface area contributed by atoms with E-state index in [0.717, 1.165) is 57.1 Å². The fraction of sp³-hybridized carbons (Fsp3) is 0.550. The van der Waals surface area contributed by atoms with Crippen LogP contribution in [0.3, 0.4) is 0 Å². The Morgan fingerprint density at radius 1 is 1.15 bits per heavy atom. The van der Waals surface area contributed by atoms with Gasteiger partial charge in [0.05, 0.1) is 18.8 Å². The Balaban J connectivity index is 1.39. The second-order valence-corrected chi connectivity index (χ2v) is 7.12. The number of halogens is 2. The van der Waals surface area contributed by atoms with E-state index in [1.165, 1.54) is 12.5 Å². The van der Waals surface area contributed by atoms with Gasteiger partial charge < -0.3 is 14.4 Å². The minimum absolute atomic E-state index is 0.219. The van der Waals surface area contributed by atoms with Gasteiger partial charge in [-0.25, -0.2) is 8.78 Å². The maximum atomic E-state index is 14.0. The number of aromatic nitrogens is 1. The van der Waals surface area contributed by atoms with Crippen molar-refractivity contribution in [2.45, 2.75) is 44.3 Å². The highest BCUT2D eigenvalue weighted by molar-refractivity contribution is 5.92. The third-order valence-corrected chi connectivity index (χ3v) is 5.31. The number of hydrogen-bond donors (Lipinski definition) is 0. The Bertz CT molecular complexity index is 757. The van der Waals surface area contributed by atoms with Gasteiger partial charge in [0.1, 0.15) is 11.3 Å². The molecule has 0 aliphatic carbocycles. The Labute approximate surface area is 152 Å². The van der Waals surface area contributed by atoms with Crippen molar-refractivity contribution in [1.29, 1.82) is 0 Å². The van der Waals surface area contributed by atoms with Crippen LogP contribution >= 0.6 is 0 Å². The van der Waals surface area contributed by atoms with Crippen molar-refractivity contribution >= 4 is 16.6 Å². The van der Waals surface area contributed by atoms with Crippen molar-refractivity contribution in [3.8, 4) is 0 Å². The summed E-state index contributed by atoms with van der Waals surface area (Å²) in [6, 6.07) is 4.08. The summed E-state index contributed by atoms with van der Waals surface area (Å²) < 4.78 is 39.4. The number of nitrogens with zero attached hydrogens (tertiary/aromatic N) is 2. The van der Waals surface area contributed by atoms with Crippen LogP contribution < -0.4 is 4.90 Å². The third kappa shape index (κ3) is 3.81. The summed E-state index contributed by atoms with van der Waals surface area (Å²) in [6.07, 6.45) is 7.28. The molecule has 2 aliphatic rings. The Morgan fingerprint density at radius 3 is 2.77 bits per heavy atom. The number of ether oxygens (including phenoxy) is 2. The van der Waals surface area contributed by atoms with Crippen LogP contribution in [0.1, 0.15) is 32.1 Å². The summed E-state index contributed by atoms with van der Waals surface area (Å²) in [6.45, 7) is 3.11. The fourth-order valence-corrected chi connectivity index (χ4v) is 3.89. The number of benzene rings is 1. The van der Waals surface area contributed by atoms with Gasteiger partial charge in [0.15, 0.2) is 5.82 Å². The molecular formula is C20H24F2N2O2. The summed E-state index contributed by atoms with van der Waals surface area (Å²) in [5, 5.41) is 0.528. The zero-order valence-corrected chi connectivity index (χ0v) is 14.8. The van der Waals surface area contributed by atoms with Crippen LogP contribution in [0.15, 0.2) is 24.4 Å². The lowest BCUT2D eigenvalue weighted by molar-refractivity contribution is -0.0672. The molecule has 2 aliphatic heterocycles. The van der Waals surface area contributed by atoms with Crippen molar-refractivity contribution in [1.82, 2.24) is 4.98 Å². The molecule has 4 rings (SSSR count). The summed E-state index contributed by atoms with van der Waals surface area (Å²) in [7, 11) is 0. The van der Waals surface area contributed by atoms with Gasteiger partial charge in [0.2, 0.25) is 0 Å². The van der Waals surface area contributed by atoms with Gasteiger partial charge >= 0.3 is 0 Å². The summed E-state index contributed by atoms with van der Waals surface area (Å²) in [5.41, 5.74) is 1.05. The molecule has 4 nitrogen and oxygen atoms in total. The van der Waals surface area contributed by atoms with Gasteiger partial charge in [0, 0.05) is 43.0 Å². The molecule has 140 valence electrons. The normalized spacial score (nSPS) is 22.1. The number of piperidine rings is 1. The van der Waals surface area contributed by atoms with E-state index in [1.54, 1.807) is 6.20 Å². The largest absolute Gasteiger partial charge is 0.376 e. The second kappa shape index (κ2) is 7.84. The van der Waals surface area contributed by atoms with Crippen molar-refractivity contribution in [3.05, 3.63) is 36.0 Å². The lowest BCUT2D eigenvalue weighted by Crippen LogP contribution is -2.38. The zero-order chi connectivity index (χ0) is 17.9. The van der Waals surface area contributed by atoms with Crippen LogP contribution in [0.25, 0.3) is 10.9 Å². The molecule has 1 atom stereocenters. The van der Waals surface area contributed by atoms with E-state index < -0.39 is 11.6 Å². The van der Waals surface area contributed by atoms with Crippen LogP contribution in [-0.4, -0.2) is 43.5 Å². The average Bonchev–Trinajstić information content (AvgIpc) is 2.67. The summed E-state index contributed by atoms with van der Waals surface area (Å²) in [5.74, 6) is -1.19. The van der Waals surface area contributed by atoms with E-state index in [2.05, 4.69) is 9.88 Å². The van der Waals surface area contributed by atoms with Crippen molar-refractivity contribution in [2.24, 2.45) is 0 Å². The summed E-state index contributed by atoms with van der Waals surface area (Å²) in [4.78, 5) is 6.23. The average molecular weight is 362 g/mol. The summed E-state index contributed by atoms with van der Waals surface area (Å²) >= 11 is 0. The van der Waals surface area contributed by atoms with Crippen LogP contribution in [-0.2, 0) is 9.47 Å². The third-order valence-electron chi connectivity index (χ3n) is 5.31. The van der Waals surface area contributed by atoms with Crippen molar-refractivity contribution in [3.63, 3.8) is 0 Å². The molecule has 26 heavy (non-hydrogen) atoms. The first-order valence-electron chi connectivity index (χ1n) is 9.42. The minimum Gasteiger partial charge on any atom is -0.376 e. The SMILES string of the molecule is Fc1cc(F)c2nccc(N3CCC(OCC4CCCCO4)CC3)c2c1. The van der Waals surface area contributed by atoms with Crippen molar-refractivity contribution < 1.29 is 18.3 Å². The molecule has 0 amide bonds. The first kappa shape index (κ1) is 17.6. The molecule has 2 fully saturated rings. The quantitative estimate of drug-likeness (QED) is 0.821. The van der Waals surface area contributed by atoms with Crippen LogP contribution in [0.4, 0.5) is 14.5 Å². The second-order valence-electron chi connectivity index (χ2n) is 7.12. The molecule has 1 aromatic heterocycles. The number of hydrogen-bond acceptors (Lipinski definition) is 4. The van der Waals surface area contributed by atoms with Gasteiger partial charge in [0.25, 0.3) is 0 Å². The van der Waals surface area contributed by atoms with Crippen LogP contribution in [0.2, 0.25) is 0 Å². The Morgan fingerprint density at radius 2 is 2.00 bits per heavy atom. The van der Waals surface area contributed by atoms with E-state index in [1.807, 2.05) is 6.07 Å².